The molecule has 17 heavy (non-hydrogen) atoms. The van der Waals surface area contributed by atoms with Gasteiger partial charge in [0, 0.05) is 6.04 Å². The van der Waals surface area contributed by atoms with Crippen LogP contribution in [0.3, 0.4) is 0 Å². The quantitative estimate of drug-likeness (QED) is 0.631. The van der Waals surface area contributed by atoms with Gasteiger partial charge >= 0.3 is 5.97 Å². The van der Waals surface area contributed by atoms with Gasteiger partial charge in [-0.2, -0.15) is 0 Å². The van der Waals surface area contributed by atoms with Gasteiger partial charge in [0.05, 0.1) is 19.7 Å². The molecule has 0 aromatic rings. The molecule has 1 aliphatic rings. The van der Waals surface area contributed by atoms with Gasteiger partial charge in [0.25, 0.3) is 0 Å². The molecular formula is C12H22N2O3. The van der Waals surface area contributed by atoms with E-state index in [4.69, 9.17) is 4.74 Å². The van der Waals surface area contributed by atoms with E-state index < -0.39 is 0 Å². The highest BCUT2D eigenvalue weighted by molar-refractivity contribution is 5.79. The first-order valence-corrected chi connectivity index (χ1v) is 6.33. The second-order valence-corrected chi connectivity index (χ2v) is 4.36. The first kappa shape index (κ1) is 14.0. The summed E-state index contributed by atoms with van der Waals surface area (Å²) >= 11 is 0. The molecule has 1 N–H and O–H groups in total. The molecule has 5 nitrogen and oxygen atoms in total. The van der Waals surface area contributed by atoms with Gasteiger partial charge in [-0.05, 0) is 32.7 Å². The zero-order chi connectivity index (χ0) is 12.7. The molecule has 0 radical (unpaired) electrons. The molecule has 0 atom stereocenters. The Kier molecular flexibility index (Phi) is 5.97. The van der Waals surface area contributed by atoms with Gasteiger partial charge in [0.15, 0.2) is 0 Å². The molecule has 0 saturated heterocycles. The smallest absolute Gasteiger partial charge is 0.320 e. The van der Waals surface area contributed by atoms with Gasteiger partial charge in [0.2, 0.25) is 5.91 Å². The standard InChI is InChI=1S/C12H22N2O3/c1-3-7-14(9-12(16)17-4-2)8-11(15)13-10-5-6-10/h10H,3-9H2,1-2H3,(H,13,15). The largest absolute Gasteiger partial charge is 0.465 e. The second kappa shape index (κ2) is 7.27. The van der Waals surface area contributed by atoms with Crippen LogP contribution in [0.2, 0.25) is 0 Å². The summed E-state index contributed by atoms with van der Waals surface area (Å²) in [7, 11) is 0. The van der Waals surface area contributed by atoms with Gasteiger partial charge in [-0.3, -0.25) is 14.5 Å². The fraction of sp³-hybridized carbons (Fsp3) is 0.833. The van der Waals surface area contributed by atoms with Crippen molar-refractivity contribution in [3.8, 4) is 0 Å². The molecule has 0 aromatic carbocycles. The van der Waals surface area contributed by atoms with Crippen LogP contribution >= 0.6 is 0 Å². The van der Waals surface area contributed by atoms with Gasteiger partial charge < -0.3 is 10.1 Å². The Balaban J connectivity index is 2.29. The molecule has 0 heterocycles. The Morgan fingerprint density at radius 3 is 2.53 bits per heavy atom. The molecule has 1 amide bonds. The van der Waals surface area contributed by atoms with Crippen molar-refractivity contribution in [2.45, 2.75) is 39.2 Å². The van der Waals surface area contributed by atoms with E-state index in [-0.39, 0.29) is 25.0 Å². The molecule has 98 valence electrons. The summed E-state index contributed by atoms with van der Waals surface area (Å²) in [5.74, 6) is -0.259. The third-order valence-corrected chi connectivity index (χ3v) is 2.51. The fourth-order valence-electron chi connectivity index (χ4n) is 1.62. The van der Waals surface area contributed by atoms with Gasteiger partial charge in [-0.25, -0.2) is 0 Å². The van der Waals surface area contributed by atoms with Crippen LogP contribution in [-0.2, 0) is 14.3 Å². The van der Waals surface area contributed by atoms with Crippen molar-refractivity contribution in [1.82, 2.24) is 10.2 Å². The average Bonchev–Trinajstić information content (AvgIpc) is 3.01. The van der Waals surface area contributed by atoms with Gasteiger partial charge in [-0.15, -0.1) is 0 Å². The molecular weight excluding hydrogens is 220 g/mol. The molecule has 0 unspecified atom stereocenters. The van der Waals surface area contributed by atoms with Crippen LogP contribution in [0.15, 0.2) is 0 Å². The first-order chi connectivity index (χ1) is 8.15. The molecule has 1 aliphatic carbocycles. The van der Waals surface area contributed by atoms with E-state index in [0.717, 1.165) is 25.8 Å². The lowest BCUT2D eigenvalue weighted by Gasteiger charge is -2.19. The summed E-state index contributed by atoms with van der Waals surface area (Å²) in [5, 5.41) is 2.92. The van der Waals surface area contributed by atoms with Crippen molar-refractivity contribution in [3.63, 3.8) is 0 Å². The highest BCUT2D eigenvalue weighted by Gasteiger charge is 2.24. The number of hydrogen-bond donors (Lipinski definition) is 1. The highest BCUT2D eigenvalue weighted by Crippen LogP contribution is 2.18. The predicted molar refractivity (Wildman–Crippen MR) is 64.5 cm³/mol. The minimum atomic E-state index is -0.264. The van der Waals surface area contributed by atoms with Crippen molar-refractivity contribution in [3.05, 3.63) is 0 Å². The molecule has 0 spiro atoms. The lowest BCUT2D eigenvalue weighted by molar-refractivity contribution is -0.144. The summed E-state index contributed by atoms with van der Waals surface area (Å²) in [6.07, 6.45) is 3.07. The average molecular weight is 242 g/mol. The first-order valence-electron chi connectivity index (χ1n) is 6.33. The Morgan fingerprint density at radius 1 is 1.29 bits per heavy atom. The summed E-state index contributed by atoms with van der Waals surface area (Å²) in [6.45, 7) is 5.39. The third kappa shape index (κ3) is 6.26. The molecule has 0 bridgehead atoms. The molecule has 0 aromatic heterocycles. The maximum atomic E-state index is 11.6. The summed E-state index contributed by atoms with van der Waals surface area (Å²) in [4.78, 5) is 24.8. The topological polar surface area (TPSA) is 58.6 Å². The van der Waals surface area contributed by atoms with Gasteiger partial charge in [-0.1, -0.05) is 6.92 Å². The van der Waals surface area contributed by atoms with E-state index in [1.54, 1.807) is 6.92 Å². The summed E-state index contributed by atoms with van der Waals surface area (Å²) in [6, 6.07) is 0.369. The lowest BCUT2D eigenvalue weighted by Crippen LogP contribution is -2.41. The normalized spacial score (nSPS) is 14.8. The number of rotatable bonds is 8. The number of ether oxygens (including phenoxy) is 1. The highest BCUT2D eigenvalue weighted by atomic mass is 16.5. The van der Waals surface area contributed by atoms with Crippen LogP contribution in [0.4, 0.5) is 0 Å². The van der Waals surface area contributed by atoms with Crippen molar-refractivity contribution >= 4 is 11.9 Å². The number of esters is 1. The number of nitrogens with one attached hydrogen (secondary N) is 1. The van der Waals surface area contributed by atoms with Gasteiger partial charge in [0.1, 0.15) is 0 Å². The molecule has 1 fully saturated rings. The number of nitrogens with zero attached hydrogens (tertiary/aromatic N) is 1. The maximum Gasteiger partial charge on any atom is 0.320 e. The predicted octanol–water partition coefficient (Wildman–Crippen LogP) is 0.540. The minimum Gasteiger partial charge on any atom is -0.465 e. The minimum absolute atomic E-state index is 0.00486. The molecule has 1 rings (SSSR count). The van der Waals surface area contributed by atoms with Crippen LogP contribution in [0.1, 0.15) is 33.1 Å². The Morgan fingerprint density at radius 2 is 2.00 bits per heavy atom. The van der Waals surface area contributed by atoms with E-state index in [9.17, 15) is 9.59 Å². The summed E-state index contributed by atoms with van der Waals surface area (Å²) < 4.78 is 4.88. The number of carbonyl (C=O) groups is 2. The zero-order valence-electron chi connectivity index (χ0n) is 10.7. The van der Waals surface area contributed by atoms with Crippen molar-refractivity contribution in [1.29, 1.82) is 0 Å². The van der Waals surface area contributed by atoms with Crippen LogP contribution in [0.5, 0.6) is 0 Å². The van der Waals surface area contributed by atoms with E-state index >= 15 is 0 Å². The second-order valence-electron chi connectivity index (χ2n) is 4.36. The third-order valence-electron chi connectivity index (χ3n) is 2.51. The molecule has 0 aliphatic heterocycles. The molecule has 1 saturated carbocycles. The van der Waals surface area contributed by atoms with E-state index in [0.29, 0.717) is 12.6 Å². The van der Waals surface area contributed by atoms with Crippen LogP contribution < -0.4 is 5.32 Å². The Bertz CT molecular complexity index is 264. The van der Waals surface area contributed by atoms with Crippen molar-refractivity contribution in [2.75, 3.05) is 26.2 Å². The number of amides is 1. The zero-order valence-corrected chi connectivity index (χ0v) is 10.7. The van der Waals surface area contributed by atoms with E-state index in [2.05, 4.69) is 5.32 Å². The Hall–Kier alpha value is -1.10. The van der Waals surface area contributed by atoms with Crippen molar-refractivity contribution in [2.24, 2.45) is 0 Å². The summed E-state index contributed by atoms with van der Waals surface area (Å²) in [5.41, 5.74) is 0. The SMILES string of the molecule is CCCN(CC(=O)NC1CC1)CC(=O)OCC. The Labute approximate surface area is 102 Å². The maximum absolute atomic E-state index is 11.6. The monoisotopic (exact) mass is 242 g/mol. The molecule has 5 heteroatoms. The van der Waals surface area contributed by atoms with E-state index in [1.165, 1.54) is 0 Å². The van der Waals surface area contributed by atoms with E-state index in [1.807, 2.05) is 11.8 Å². The lowest BCUT2D eigenvalue weighted by atomic mass is 10.3. The van der Waals surface area contributed by atoms with Crippen LogP contribution in [-0.4, -0.2) is 49.1 Å². The van der Waals surface area contributed by atoms with Crippen LogP contribution in [0, 0.1) is 0 Å². The fourth-order valence-corrected chi connectivity index (χ4v) is 1.62. The number of hydrogen-bond acceptors (Lipinski definition) is 4. The van der Waals surface area contributed by atoms with Crippen LogP contribution in [0.25, 0.3) is 0 Å². The number of carbonyl (C=O) groups excluding carboxylic acids is 2. The van der Waals surface area contributed by atoms with Crippen molar-refractivity contribution < 1.29 is 14.3 Å².